The van der Waals surface area contributed by atoms with Crippen LogP contribution >= 0.6 is 0 Å². The zero-order chi connectivity index (χ0) is 14.8. The van der Waals surface area contributed by atoms with E-state index >= 15 is 0 Å². The second-order valence-corrected chi connectivity index (χ2v) is 7.44. The van der Waals surface area contributed by atoms with E-state index in [1.807, 2.05) is 0 Å². The van der Waals surface area contributed by atoms with E-state index in [0.717, 1.165) is 44.1 Å². The summed E-state index contributed by atoms with van der Waals surface area (Å²) in [6.45, 7) is 4.43. The van der Waals surface area contributed by atoms with Crippen LogP contribution in [0, 0.1) is 23.7 Å². The normalized spacial score (nSPS) is 34.8. The smallest absolute Gasteiger partial charge is 0.234 e. The number of hydrogen-bond donors (Lipinski definition) is 1. The molecule has 3 aliphatic rings. The van der Waals surface area contributed by atoms with Crippen LogP contribution in [0.25, 0.3) is 0 Å². The molecule has 0 aromatic rings. The maximum Gasteiger partial charge on any atom is 0.234 e. The summed E-state index contributed by atoms with van der Waals surface area (Å²) in [6.07, 6.45) is 8.36. The Morgan fingerprint density at radius 2 is 2.00 bits per heavy atom. The van der Waals surface area contributed by atoms with E-state index in [9.17, 15) is 9.59 Å². The third kappa shape index (κ3) is 3.47. The van der Waals surface area contributed by atoms with Crippen molar-refractivity contribution in [3.63, 3.8) is 0 Å². The maximum absolute atomic E-state index is 12.2. The van der Waals surface area contributed by atoms with Gasteiger partial charge in [-0.3, -0.25) is 9.69 Å². The van der Waals surface area contributed by atoms with Gasteiger partial charge in [-0.25, -0.2) is 0 Å². The van der Waals surface area contributed by atoms with Gasteiger partial charge in [-0.1, -0.05) is 6.42 Å². The van der Waals surface area contributed by atoms with E-state index in [0.29, 0.717) is 18.5 Å². The molecular weight excluding hydrogens is 264 g/mol. The number of nitrogens with one attached hydrogen (secondary N) is 1. The van der Waals surface area contributed by atoms with Crippen LogP contribution in [-0.4, -0.2) is 42.8 Å². The third-order valence-corrected chi connectivity index (χ3v) is 6.02. The molecule has 0 radical (unpaired) electrons. The van der Waals surface area contributed by atoms with Gasteiger partial charge in [-0.05, 0) is 69.9 Å². The zero-order valence-corrected chi connectivity index (χ0v) is 13.1. The van der Waals surface area contributed by atoms with Crippen LogP contribution < -0.4 is 5.32 Å². The second-order valence-electron chi connectivity index (χ2n) is 7.44. The van der Waals surface area contributed by atoms with Crippen LogP contribution in [0.15, 0.2) is 0 Å². The first-order chi connectivity index (χ1) is 10.2. The minimum atomic E-state index is 0.162. The third-order valence-electron chi connectivity index (χ3n) is 6.02. The van der Waals surface area contributed by atoms with E-state index in [1.54, 1.807) is 0 Å². The number of carbonyl (C=O) groups excluding carboxylic acids is 2. The Hall–Kier alpha value is -0.900. The Kier molecular flexibility index (Phi) is 4.63. The van der Waals surface area contributed by atoms with E-state index in [1.165, 1.54) is 25.7 Å². The van der Waals surface area contributed by atoms with Crippen molar-refractivity contribution in [1.29, 1.82) is 0 Å². The first-order valence-electron chi connectivity index (χ1n) is 8.62. The molecule has 2 bridgehead atoms. The first kappa shape index (κ1) is 15.0. The average molecular weight is 292 g/mol. The molecule has 0 aromatic carbocycles. The van der Waals surface area contributed by atoms with Crippen LogP contribution in [0.1, 0.15) is 45.4 Å². The zero-order valence-electron chi connectivity index (χ0n) is 13.1. The summed E-state index contributed by atoms with van der Waals surface area (Å²) in [5, 5.41) is 3.23. The number of likely N-dealkylation sites (tertiary alicyclic amines) is 1. The lowest BCUT2D eigenvalue weighted by atomic mass is 9.84. The van der Waals surface area contributed by atoms with Gasteiger partial charge in [0.25, 0.3) is 0 Å². The molecule has 4 nitrogen and oxygen atoms in total. The molecule has 118 valence electrons. The van der Waals surface area contributed by atoms with Gasteiger partial charge >= 0.3 is 0 Å². The van der Waals surface area contributed by atoms with Crippen LogP contribution in [0.2, 0.25) is 0 Å². The van der Waals surface area contributed by atoms with Crippen molar-refractivity contribution in [1.82, 2.24) is 10.2 Å². The molecule has 4 heteroatoms. The minimum absolute atomic E-state index is 0.162. The van der Waals surface area contributed by atoms with Gasteiger partial charge in [0.15, 0.2) is 0 Å². The first-order valence-corrected chi connectivity index (χ1v) is 8.62. The number of amides is 1. The maximum atomic E-state index is 12.2. The summed E-state index contributed by atoms with van der Waals surface area (Å²) in [6, 6.07) is 0.320. The lowest BCUT2D eigenvalue weighted by Crippen LogP contribution is -2.46. The van der Waals surface area contributed by atoms with Gasteiger partial charge in [0.1, 0.15) is 6.29 Å². The predicted molar refractivity (Wildman–Crippen MR) is 81.8 cm³/mol. The number of aldehydes is 1. The van der Waals surface area contributed by atoms with Gasteiger partial charge in [0, 0.05) is 12.0 Å². The predicted octanol–water partition coefficient (Wildman–Crippen LogP) is 1.84. The molecule has 1 aliphatic heterocycles. The molecule has 21 heavy (non-hydrogen) atoms. The topological polar surface area (TPSA) is 49.4 Å². The molecule has 1 N–H and O–H groups in total. The fourth-order valence-electron chi connectivity index (χ4n) is 4.76. The minimum Gasteiger partial charge on any atom is -0.352 e. The highest BCUT2D eigenvalue weighted by Gasteiger charge is 2.42. The molecule has 3 rings (SSSR count). The summed E-state index contributed by atoms with van der Waals surface area (Å²) in [5.74, 6) is 2.86. The lowest BCUT2D eigenvalue weighted by Gasteiger charge is -2.31. The van der Waals surface area contributed by atoms with Gasteiger partial charge < -0.3 is 10.1 Å². The number of rotatable bonds is 5. The molecule has 2 aliphatic carbocycles. The Morgan fingerprint density at radius 3 is 2.57 bits per heavy atom. The molecule has 4 atom stereocenters. The van der Waals surface area contributed by atoms with E-state index < -0.39 is 0 Å². The fourth-order valence-corrected chi connectivity index (χ4v) is 4.76. The molecule has 4 unspecified atom stereocenters. The van der Waals surface area contributed by atoms with Crippen molar-refractivity contribution in [2.45, 2.75) is 51.5 Å². The van der Waals surface area contributed by atoms with Gasteiger partial charge in [-0.2, -0.15) is 0 Å². The van der Waals surface area contributed by atoms with Crippen molar-refractivity contribution in [3.05, 3.63) is 0 Å². The molecule has 3 fully saturated rings. The van der Waals surface area contributed by atoms with E-state index in [4.69, 9.17) is 0 Å². The Balaban J connectivity index is 1.41. The number of carbonyl (C=O) groups is 2. The van der Waals surface area contributed by atoms with Crippen LogP contribution in [0.4, 0.5) is 0 Å². The standard InChI is InChI=1S/C17H28N2O2/c1-12(16-9-14-2-3-15(16)8-14)18-17(21)10-19-6-4-13(11-20)5-7-19/h11-16H,2-10H2,1H3,(H,18,21). The van der Waals surface area contributed by atoms with Crippen molar-refractivity contribution in [2.24, 2.45) is 23.7 Å². The number of hydrogen-bond acceptors (Lipinski definition) is 3. The van der Waals surface area contributed by atoms with Crippen LogP contribution in [0.3, 0.4) is 0 Å². The lowest BCUT2D eigenvalue weighted by molar-refractivity contribution is -0.123. The quantitative estimate of drug-likeness (QED) is 0.787. The summed E-state index contributed by atoms with van der Waals surface area (Å²) in [4.78, 5) is 25.1. The van der Waals surface area contributed by atoms with E-state index in [2.05, 4.69) is 17.1 Å². The van der Waals surface area contributed by atoms with Crippen molar-refractivity contribution < 1.29 is 9.59 Å². The highest BCUT2D eigenvalue weighted by Crippen LogP contribution is 2.49. The Morgan fingerprint density at radius 1 is 1.24 bits per heavy atom. The molecule has 1 heterocycles. The van der Waals surface area contributed by atoms with Crippen molar-refractivity contribution >= 4 is 12.2 Å². The van der Waals surface area contributed by atoms with Gasteiger partial charge in [-0.15, -0.1) is 0 Å². The molecule has 0 spiro atoms. The molecule has 1 saturated heterocycles. The van der Waals surface area contributed by atoms with E-state index in [-0.39, 0.29) is 11.8 Å². The highest BCUT2D eigenvalue weighted by atomic mass is 16.2. The molecular formula is C17H28N2O2. The summed E-state index contributed by atoms with van der Waals surface area (Å²) in [5.41, 5.74) is 0. The number of fused-ring (bicyclic) bond motifs is 2. The summed E-state index contributed by atoms with van der Waals surface area (Å²) >= 11 is 0. The second kappa shape index (κ2) is 6.47. The van der Waals surface area contributed by atoms with Crippen LogP contribution in [0.5, 0.6) is 0 Å². The summed E-state index contributed by atoms with van der Waals surface area (Å²) < 4.78 is 0. The Bertz CT molecular complexity index is 390. The van der Waals surface area contributed by atoms with Gasteiger partial charge in [0.2, 0.25) is 5.91 Å². The SMILES string of the molecule is CC(NC(=O)CN1CCC(C=O)CC1)C1CC2CCC1C2. The molecule has 0 aromatic heterocycles. The van der Waals surface area contributed by atoms with Crippen molar-refractivity contribution in [2.75, 3.05) is 19.6 Å². The molecule has 1 amide bonds. The monoisotopic (exact) mass is 292 g/mol. The van der Waals surface area contributed by atoms with Gasteiger partial charge in [0.05, 0.1) is 6.54 Å². The van der Waals surface area contributed by atoms with Crippen molar-refractivity contribution in [3.8, 4) is 0 Å². The summed E-state index contributed by atoms with van der Waals surface area (Å²) in [7, 11) is 0. The number of nitrogens with zero attached hydrogens (tertiary/aromatic N) is 1. The Labute approximate surface area is 127 Å². The highest BCUT2D eigenvalue weighted by molar-refractivity contribution is 5.78. The number of piperidine rings is 1. The molecule has 2 saturated carbocycles. The average Bonchev–Trinajstić information content (AvgIpc) is 3.10. The fraction of sp³-hybridized carbons (Fsp3) is 0.882. The largest absolute Gasteiger partial charge is 0.352 e. The van der Waals surface area contributed by atoms with Crippen LogP contribution in [-0.2, 0) is 9.59 Å².